The van der Waals surface area contributed by atoms with E-state index in [2.05, 4.69) is 21.8 Å². The van der Waals surface area contributed by atoms with E-state index in [1.165, 1.54) is 0 Å². The van der Waals surface area contributed by atoms with Gasteiger partial charge in [-0.25, -0.2) is 9.78 Å². The zero-order chi connectivity index (χ0) is 14.5. The van der Waals surface area contributed by atoms with Crippen molar-refractivity contribution in [3.05, 3.63) is 47.5 Å². The molecule has 1 aromatic heterocycles. The number of imidazole rings is 1. The Morgan fingerprint density at radius 1 is 1.45 bits per heavy atom. The second-order valence-electron chi connectivity index (χ2n) is 4.73. The maximum Gasteiger partial charge on any atom is 0.335 e. The fraction of sp³-hybridized carbons (Fsp3) is 0.333. The van der Waals surface area contributed by atoms with Crippen LogP contribution in [0.3, 0.4) is 0 Å². The lowest BCUT2D eigenvalue weighted by Gasteiger charge is -2.11. The number of carboxylic acids is 1. The highest BCUT2D eigenvalue weighted by Gasteiger charge is 2.07. The van der Waals surface area contributed by atoms with Gasteiger partial charge in [-0.1, -0.05) is 6.92 Å². The summed E-state index contributed by atoms with van der Waals surface area (Å²) >= 11 is 0. The predicted octanol–water partition coefficient (Wildman–Crippen LogP) is 2.91. The number of nitrogens with one attached hydrogen (secondary N) is 1. The highest BCUT2D eigenvalue weighted by Crippen LogP contribution is 2.17. The van der Waals surface area contributed by atoms with E-state index >= 15 is 0 Å². The first-order chi connectivity index (χ1) is 9.61. The SMILES string of the molecule is CCCn1ccnc1CNc1ccc(C(=O)O)cc1C. The van der Waals surface area contributed by atoms with Crippen LogP contribution >= 0.6 is 0 Å². The van der Waals surface area contributed by atoms with E-state index in [-0.39, 0.29) is 0 Å². The van der Waals surface area contributed by atoms with E-state index in [1.807, 2.05) is 13.1 Å². The van der Waals surface area contributed by atoms with Gasteiger partial charge in [0, 0.05) is 24.6 Å². The molecule has 2 N–H and O–H groups in total. The van der Waals surface area contributed by atoms with E-state index in [0.29, 0.717) is 12.1 Å². The smallest absolute Gasteiger partial charge is 0.335 e. The molecule has 0 fully saturated rings. The molecule has 1 heterocycles. The zero-order valence-electron chi connectivity index (χ0n) is 11.8. The topological polar surface area (TPSA) is 67.2 Å². The molecule has 0 aliphatic rings. The summed E-state index contributed by atoms with van der Waals surface area (Å²) in [5.41, 5.74) is 2.15. The Labute approximate surface area is 118 Å². The van der Waals surface area contributed by atoms with E-state index in [9.17, 15) is 4.79 Å². The molecule has 0 saturated carbocycles. The normalized spacial score (nSPS) is 10.5. The van der Waals surface area contributed by atoms with Crippen molar-refractivity contribution in [3.8, 4) is 0 Å². The van der Waals surface area contributed by atoms with Gasteiger partial charge in [-0.05, 0) is 37.1 Å². The van der Waals surface area contributed by atoms with Gasteiger partial charge in [0.15, 0.2) is 0 Å². The van der Waals surface area contributed by atoms with Crippen LogP contribution in [0.4, 0.5) is 5.69 Å². The molecule has 0 aliphatic carbocycles. The molecule has 0 unspecified atom stereocenters. The summed E-state index contributed by atoms with van der Waals surface area (Å²) in [6.07, 6.45) is 4.84. The molecule has 0 saturated heterocycles. The Morgan fingerprint density at radius 2 is 2.25 bits per heavy atom. The molecule has 1 aromatic carbocycles. The molecular formula is C15H19N3O2. The second-order valence-corrected chi connectivity index (χ2v) is 4.73. The number of rotatable bonds is 6. The molecule has 0 bridgehead atoms. The fourth-order valence-electron chi connectivity index (χ4n) is 2.12. The molecule has 5 heteroatoms. The van der Waals surface area contributed by atoms with Gasteiger partial charge in [0.2, 0.25) is 0 Å². The van der Waals surface area contributed by atoms with Crippen molar-refractivity contribution in [2.75, 3.05) is 5.32 Å². The Bertz CT molecular complexity index is 605. The van der Waals surface area contributed by atoms with E-state index in [0.717, 1.165) is 30.0 Å². The van der Waals surface area contributed by atoms with E-state index < -0.39 is 5.97 Å². The minimum atomic E-state index is -0.905. The molecule has 20 heavy (non-hydrogen) atoms. The number of aromatic nitrogens is 2. The number of anilines is 1. The monoisotopic (exact) mass is 273 g/mol. The quantitative estimate of drug-likeness (QED) is 0.849. The first-order valence-electron chi connectivity index (χ1n) is 6.69. The minimum absolute atomic E-state index is 0.306. The Kier molecular flexibility index (Phi) is 4.40. The number of carboxylic acid groups (broad SMARTS) is 1. The lowest BCUT2D eigenvalue weighted by molar-refractivity contribution is 0.0697. The summed E-state index contributed by atoms with van der Waals surface area (Å²) in [6, 6.07) is 5.07. The van der Waals surface area contributed by atoms with E-state index in [1.54, 1.807) is 24.4 Å². The van der Waals surface area contributed by atoms with Crippen LogP contribution in [0.15, 0.2) is 30.6 Å². The van der Waals surface area contributed by atoms with Crippen LogP contribution in [0.5, 0.6) is 0 Å². The summed E-state index contributed by atoms with van der Waals surface area (Å²) in [7, 11) is 0. The highest BCUT2D eigenvalue weighted by molar-refractivity contribution is 5.88. The number of hydrogen-bond acceptors (Lipinski definition) is 3. The Hall–Kier alpha value is -2.30. The van der Waals surface area contributed by atoms with Crippen LogP contribution < -0.4 is 5.32 Å². The first-order valence-corrected chi connectivity index (χ1v) is 6.69. The molecule has 0 spiro atoms. The molecule has 5 nitrogen and oxygen atoms in total. The highest BCUT2D eigenvalue weighted by atomic mass is 16.4. The van der Waals surface area contributed by atoms with Crippen molar-refractivity contribution >= 4 is 11.7 Å². The van der Waals surface area contributed by atoms with Crippen molar-refractivity contribution in [3.63, 3.8) is 0 Å². The molecular weight excluding hydrogens is 254 g/mol. The van der Waals surface area contributed by atoms with Crippen LogP contribution in [0.1, 0.15) is 35.1 Å². The maximum atomic E-state index is 10.9. The Morgan fingerprint density at radius 3 is 2.90 bits per heavy atom. The standard InChI is InChI=1S/C15H19N3O2/c1-3-7-18-8-6-16-14(18)10-17-13-5-4-12(15(19)20)9-11(13)2/h4-6,8-9,17H,3,7,10H2,1-2H3,(H,19,20). The molecule has 0 amide bonds. The summed E-state index contributed by atoms with van der Waals surface area (Å²) in [5.74, 6) is 0.0756. The van der Waals surface area contributed by atoms with Gasteiger partial charge < -0.3 is 15.0 Å². The van der Waals surface area contributed by atoms with Crippen molar-refractivity contribution in [2.24, 2.45) is 0 Å². The Balaban J connectivity index is 2.07. The largest absolute Gasteiger partial charge is 0.478 e. The molecule has 2 aromatic rings. The van der Waals surface area contributed by atoms with Gasteiger partial charge in [-0.3, -0.25) is 0 Å². The van der Waals surface area contributed by atoms with Crippen molar-refractivity contribution in [1.82, 2.24) is 9.55 Å². The summed E-state index contributed by atoms with van der Waals surface area (Å²) in [5, 5.41) is 12.2. The van der Waals surface area contributed by atoms with Gasteiger partial charge in [0.1, 0.15) is 5.82 Å². The van der Waals surface area contributed by atoms with E-state index in [4.69, 9.17) is 5.11 Å². The van der Waals surface area contributed by atoms with Crippen molar-refractivity contribution in [2.45, 2.75) is 33.4 Å². The minimum Gasteiger partial charge on any atom is -0.478 e. The summed E-state index contributed by atoms with van der Waals surface area (Å²) in [6.45, 7) is 5.60. The lowest BCUT2D eigenvalue weighted by atomic mass is 10.1. The molecule has 0 atom stereocenters. The molecule has 0 radical (unpaired) electrons. The maximum absolute atomic E-state index is 10.9. The average Bonchev–Trinajstić information content (AvgIpc) is 2.85. The summed E-state index contributed by atoms with van der Waals surface area (Å²) in [4.78, 5) is 15.2. The zero-order valence-corrected chi connectivity index (χ0v) is 11.8. The van der Waals surface area contributed by atoms with Crippen LogP contribution in [0.2, 0.25) is 0 Å². The number of aromatic carboxylic acids is 1. The van der Waals surface area contributed by atoms with Crippen LogP contribution in [0.25, 0.3) is 0 Å². The summed E-state index contributed by atoms with van der Waals surface area (Å²) < 4.78 is 2.12. The lowest BCUT2D eigenvalue weighted by Crippen LogP contribution is -2.09. The third-order valence-corrected chi connectivity index (χ3v) is 3.18. The molecule has 2 rings (SSSR count). The van der Waals surface area contributed by atoms with Crippen LogP contribution in [0, 0.1) is 6.92 Å². The third kappa shape index (κ3) is 3.17. The number of benzene rings is 1. The molecule has 106 valence electrons. The fourth-order valence-corrected chi connectivity index (χ4v) is 2.12. The molecule has 0 aliphatic heterocycles. The number of aryl methyl sites for hydroxylation is 2. The van der Waals surface area contributed by atoms with Crippen LogP contribution in [-0.4, -0.2) is 20.6 Å². The van der Waals surface area contributed by atoms with Gasteiger partial charge in [0.05, 0.1) is 12.1 Å². The van der Waals surface area contributed by atoms with Gasteiger partial charge in [0.25, 0.3) is 0 Å². The van der Waals surface area contributed by atoms with Crippen LogP contribution in [-0.2, 0) is 13.1 Å². The average molecular weight is 273 g/mol. The number of carbonyl (C=O) groups is 1. The number of nitrogens with zero attached hydrogens (tertiary/aromatic N) is 2. The third-order valence-electron chi connectivity index (χ3n) is 3.18. The van der Waals surface area contributed by atoms with Gasteiger partial charge >= 0.3 is 5.97 Å². The van der Waals surface area contributed by atoms with Crippen molar-refractivity contribution < 1.29 is 9.90 Å². The van der Waals surface area contributed by atoms with Gasteiger partial charge in [-0.15, -0.1) is 0 Å². The van der Waals surface area contributed by atoms with Gasteiger partial charge in [-0.2, -0.15) is 0 Å². The second kappa shape index (κ2) is 6.23. The predicted molar refractivity (Wildman–Crippen MR) is 78.0 cm³/mol. The number of hydrogen-bond donors (Lipinski definition) is 2. The van der Waals surface area contributed by atoms with Crippen molar-refractivity contribution in [1.29, 1.82) is 0 Å². The first kappa shape index (κ1) is 14.1.